The normalized spacial score (nSPS) is 19.6. The second-order valence-corrected chi connectivity index (χ2v) is 48.5. The molecule has 7 aliphatic rings. The van der Waals surface area contributed by atoms with Crippen molar-refractivity contribution in [3.05, 3.63) is 256 Å². The molecule has 19 rings (SSSR count). The maximum Gasteiger partial charge on any atom is 0.488 e. The van der Waals surface area contributed by atoms with Crippen molar-refractivity contribution in [2.45, 2.75) is 249 Å². The number of hydrogen-bond acceptors (Lipinski definition) is 23. The standard InChI is InChI=1S/C32H29FN4O4S3.C26H24BrFN4O4S2.C14H21BO2S.C13H19BO2S.C7H6S.C6H12BO2/c1-17-5-9-28(43-17)23-15-22(23)20-3-2-4-21(14-20)30-24(11-19-8-10-29(25(33)12-19)44(34,40)41)27(13-18-6-7-18)37(36-30)32-35-26(16-42-32)31(38)39;1-2-36-25(33)21-14-37-26(30-21)32-22(12-15-6-7-15)19(24(31-32)17-4-3-5-18(27)13-17)10-16-8-9-23(20(28)11-16)38(29,34)35;1-9-6-7-12(18-9)10-8-11(10)15-16-13(2,3)14(4,5)17-15;1-10-6-7-11(17-10)8-9-14-15-12(2,3)13(4,5)16-14;1-3-7-5-4-6(2)8-7;1-5(2)6(3,4)9-7-8-5/h2-5,8-10,12,14,16,18,22-23H,6-7,11,13,15H2,1H3,(H,38,39)(H2,34,40,41);3-5,8-9,11,13-15H,2,6-7,10,12H2,1H3,(H2,29,34,35);6-7,10-11H,8H2,1-5H3;6-9H,1-5H3;1,4-5H,2H3;1-4H3/b;;;9-8+;;. The Labute approximate surface area is 818 Å². The van der Waals surface area contributed by atoms with Gasteiger partial charge in [-0.05, 0) is 300 Å². The van der Waals surface area contributed by atoms with E-state index in [1.54, 1.807) is 56.5 Å². The maximum absolute atomic E-state index is 14.9. The van der Waals surface area contributed by atoms with Crippen LogP contribution in [0.25, 0.3) is 38.9 Å². The molecule has 0 amide bonds. The summed E-state index contributed by atoms with van der Waals surface area (Å²) in [4.78, 5) is 42.1. The zero-order valence-corrected chi connectivity index (χ0v) is 86.2. The first-order valence-corrected chi connectivity index (χ1v) is 53.3. The lowest BCUT2D eigenvalue weighted by molar-refractivity contribution is 0.00578. The highest BCUT2D eigenvalue weighted by molar-refractivity contribution is 9.10. The van der Waals surface area contributed by atoms with Gasteiger partial charge in [0.2, 0.25) is 30.3 Å². The smallest absolute Gasteiger partial charge is 0.476 e. The molecule has 1 radical (unpaired) electrons. The molecule has 7 fully saturated rings. The first kappa shape index (κ1) is 102. The Bertz CT molecular complexity index is 6570. The van der Waals surface area contributed by atoms with E-state index in [-0.39, 0.29) is 65.8 Å². The summed E-state index contributed by atoms with van der Waals surface area (Å²) < 4.78 is 121. The fraction of sp³-hybridized carbons (Fsp3) is 0.408. The van der Waals surface area contributed by atoms with E-state index >= 15 is 0 Å². The summed E-state index contributed by atoms with van der Waals surface area (Å²) in [5.41, 5.74) is 8.03. The van der Waals surface area contributed by atoms with Crippen molar-refractivity contribution in [1.29, 1.82) is 0 Å². The summed E-state index contributed by atoms with van der Waals surface area (Å²) in [6.45, 7) is 35.2. The van der Waals surface area contributed by atoms with Crippen molar-refractivity contribution < 1.29 is 73.0 Å². The molecule has 0 bridgehead atoms. The molecule has 0 spiro atoms. The van der Waals surface area contributed by atoms with Gasteiger partial charge in [-0.3, -0.25) is 0 Å². The third kappa shape index (κ3) is 24.7. The Morgan fingerprint density at radius 1 is 0.590 bits per heavy atom. The number of sulfonamides is 2. The lowest BCUT2D eigenvalue weighted by atomic mass is 9.80. The highest BCUT2D eigenvalue weighted by Crippen LogP contribution is 2.60. The Morgan fingerprint density at radius 2 is 1.06 bits per heavy atom. The molecule has 3 saturated heterocycles. The number of rotatable bonds is 23. The van der Waals surface area contributed by atoms with E-state index in [4.69, 9.17) is 59.6 Å². The Morgan fingerprint density at radius 3 is 1.48 bits per heavy atom. The second kappa shape index (κ2) is 41.0. The van der Waals surface area contributed by atoms with Crippen LogP contribution in [0.4, 0.5) is 8.78 Å². The lowest BCUT2D eigenvalue weighted by Gasteiger charge is -2.32. The van der Waals surface area contributed by atoms with E-state index in [0.29, 0.717) is 81.8 Å². The third-order valence-electron chi connectivity index (χ3n) is 25.6. The van der Waals surface area contributed by atoms with Gasteiger partial charge in [0.15, 0.2) is 11.4 Å². The van der Waals surface area contributed by atoms with Gasteiger partial charge in [-0.15, -0.1) is 74.4 Å². The largest absolute Gasteiger partial charge is 0.488 e. The summed E-state index contributed by atoms with van der Waals surface area (Å²) in [6, 6.07) is 41.1. The first-order valence-electron chi connectivity index (χ1n) is 44.4. The predicted molar refractivity (Wildman–Crippen MR) is 537 cm³/mol. The number of aryl methyl sites for hydroxylation is 4. The first-order chi connectivity index (χ1) is 63.1. The number of aromatic nitrogens is 6. The van der Waals surface area contributed by atoms with Crippen LogP contribution in [0.1, 0.15) is 245 Å². The molecule has 36 heteroatoms. The number of carboxylic acids is 1. The van der Waals surface area contributed by atoms with Gasteiger partial charge in [0.05, 0.1) is 67.9 Å². The number of primary sulfonamides is 2. The van der Waals surface area contributed by atoms with E-state index in [9.17, 15) is 40.3 Å². The SMILES string of the molecule is C#Cc1ccc(C)s1.CC1(C)O[B]OC1(C)C.CCOC(=O)c1csc(-n2nc(-c3cccc(Br)c3)c(Cc3ccc(S(N)(=O)=O)c(F)c3)c2CC2CC2)n1.Cc1ccc(/C=C/B2OC(C)(C)C(C)(C)O2)s1.Cc1ccc(C2CC2B2OC(C)(C)C(C)(C)O2)s1.Cc1ccc(C2CC2c2cccc(-c3nn(-c4nc(C(=O)O)cs4)c(CC4CC4)c3Cc3ccc(S(N)(=O)=O)c(F)c3)c2)s1. The van der Waals surface area contributed by atoms with Crippen molar-refractivity contribution in [1.82, 2.24) is 29.5 Å². The van der Waals surface area contributed by atoms with Gasteiger partial charge >= 0.3 is 33.9 Å². The lowest BCUT2D eigenvalue weighted by Crippen LogP contribution is -2.41. The van der Waals surface area contributed by atoms with Gasteiger partial charge < -0.3 is 37.8 Å². The van der Waals surface area contributed by atoms with E-state index in [1.807, 2.05) is 112 Å². The molecule has 11 heterocycles. The van der Waals surface area contributed by atoms with Crippen molar-refractivity contribution in [3.8, 4) is 45.1 Å². The van der Waals surface area contributed by atoms with Crippen LogP contribution in [-0.4, -0.2) is 126 Å². The van der Waals surface area contributed by atoms with E-state index in [2.05, 4.69) is 163 Å². The van der Waals surface area contributed by atoms with Crippen molar-refractivity contribution in [2.75, 3.05) is 6.61 Å². The van der Waals surface area contributed by atoms with Crippen LogP contribution in [0.3, 0.4) is 0 Å². The minimum absolute atomic E-state index is 0.0255. The summed E-state index contributed by atoms with van der Waals surface area (Å²) >= 11 is 13.2. The third-order valence-corrected chi connectivity index (χ3v) is 33.8. The molecule has 4 unspecified atom stereocenters. The molecule has 705 valence electrons. The molecule has 4 aromatic carbocycles. The number of nitrogens with zero attached hydrogens (tertiary/aromatic N) is 6. The number of thiophene rings is 4. The minimum Gasteiger partial charge on any atom is -0.476 e. The van der Waals surface area contributed by atoms with Gasteiger partial charge in [0.1, 0.15) is 21.4 Å². The summed E-state index contributed by atoms with van der Waals surface area (Å²) in [7, 11) is -7.24. The molecule has 12 aromatic rings. The highest BCUT2D eigenvalue weighted by Gasteiger charge is 2.60. The summed E-state index contributed by atoms with van der Waals surface area (Å²) in [5, 5.41) is 34.0. The van der Waals surface area contributed by atoms with Crippen LogP contribution < -0.4 is 10.3 Å². The molecule has 5 N–H and O–H groups in total. The van der Waals surface area contributed by atoms with Crippen LogP contribution in [0.5, 0.6) is 0 Å². The molecular formula is C98H111B3BrF2N8O14S8. The fourth-order valence-corrected chi connectivity index (χ4v) is 22.1. The molecule has 134 heavy (non-hydrogen) atoms. The van der Waals surface area contributed by atoms with E-state index in [0.717, 1.165) is 87.2 Å². The van der Waals surface area contributed by atoms with Crippen LogP contribution in [0, 0.1) is 63.5 Å². The number of carboxylic acid groups (broad SMARTS) is 1. The van der Waals surface area contributed by atoms with Crippen LogP contribution in [0.2, 0.25) is 5.82 Å². The van der Waals surface area contributed by atoms with E-state index in [1.165, 1.54) is 106 Å². The Balaban J connectivity index is 0.000000143. The summed E-state index contributed by atoms with van der Waals surface area (Å²) in [5.74, 6) is 4.21. The Kier molecular flexibility index (Phi) is 31.1. The number of thiazole rings is 2. The number of aromatic carboxylic acids is 1. The second-order valence-electron chi connectivity index (χ2n) is 37.6. The number of hydrogen-bond donors (Lipinski definition) is 3. The molecule has 3 aliphatic heterocycles. The van der Waals surface area contributed by atoms with Crippen LogP contribution in [-0.2, 0) is 78.4 Å². The number of carbonyl (C=O) groups is 2. The number of nitrogens with two attached hydrogens (primary N) is 2. The van der Waals surface area contributed by atoms with Crippen LogP contribution in [0.15, 0.2) is 164 Å². The average molecular weight is 2030 g/mol. The zero-order chi connectivity index (χ0) is 96.7. The fourth-order valence-electron chi connectivity index (χ4n) is 15.4. The van der Waals surface area contributed by atoms with Gasteiger partial charge in [-0.2, -0.15) is 10.2 Å². The molecule has 4 aliphatic carbocycles. The van der Waals surface area contributed by atoms with Crippen molar-refractivity contribution in [2.24, 2.45) is 22.1 Å². The number of terminal acetylenes is 1. The maximum atomic E-state index is 14.9. The predicted octanol–water partition coefficient (Wildman–Crippen LogP) is 22.8. The zero-order valence-electron chi connectivity index (χ0n) is 78.1. The number of ether oxygens (including phenoxy) is 1. The highest BCUT2D eigenvalue weighted by atomic mass is 79.9. The molecule has 4 saturated carbocycles. The van der Waals surface area contributed by atoms with Gasteiger partial charge in [0, 0.05) is 96.2 Å². The van der Waals surface area contributed by atoms with Crippen molar-refractivity contribution in [3.63, 3.8) is 0 Å². The molecule has 22 nitrogen and oxygen atoms in total. The molecular weight excluding hydrogens is 1920 g/mol. The van der Waals surface area contributed by atoms with Crippen molar-refractivity contribution >= 4 is 144 Å². The number of benzene rings is 4. The van der Waals surface area contributed by atoms with Crippen LogP contribution >= 0.6 is 84.0 Å². The number of esters is 1. The monoisotopic (exact) mass is 2030 g/mol. The number of carbonyl (C=O) groups excluding carboxylic acids is 1. The molecule has 4 atom stereocenters. The number of halogens is 3. The van der Waals surface area contributed by atoms with Gasteiger partial charge in [0.25, 0.3) is 0 Å². The van der Waals surface area contributed by atoms with Gasteiger partial charge in [-0.25, -0.2) is 64.8 Å². The summed E-state index contributed by atoms with van der Waals surface area (Å²) in [6.07, 6.45) is 15.9. The minimum atomic E-state index is -4.20. The molecule has 8 aromatic heterocycles. The topological polar surface area (TPSA) is 301 Å². The average Bonchev–Trinajstić information content (AvgIpc) is 1.56. The Hall–Kier alpha value is -8.29. The quantitative estimate of drug-likeness (QED) is 0.0304. The van der Waals surface area contributed by atoms with E-state index < -0.39 is 53.4 Å². The van der Waals surface area contributed by atoms with Gasteiger partial charge in [-0.1, -0.05) is 76.4 Å².